The average molecular weight is 361 g/mol. The predicted octanol–water partition coefficient (Wildman–Crippen LogP) is 2.60. The van der Waals surface area contributed by atoms with Crippen LogP contribution in [0.5, 0.6) is 0 Å². The zero-order valence-electron chi connectivity index (χ0n) is 14.9. The van der Waals surface area contributed by atoms with Gasteiger partial charge in [0.05, 0.1) is 5.25 Å². The minimum Gasteiger partial charge on any atom is -0.338 e. The van der Waals surface area contributed by atoms with Gasteiger partial charge in [-0.2, -0.15) is 0 Å². The van der Waals surface area contributed by atoms with Crippen molar-refractivity contribution in [2.24, 2.45) is 0 Å². The number of rotatable bonds is 6. The van der Waals surface area contributed by atoms with Crippen LogP contribution >= 0.6 is 11.8 Å². The van der Waals surface area contributed by atoms with E-state index in [1.54, 1.807) is 13.8 Å². The van der Waals surface area contributed by atoms with Gasteiger partial charge < -0.3 is 9.88 Å². The molecule has 0 aliphatic heterocycles. The molecule has 1 unspecified atom stereocenters. The van der Waals surface area contributed by atoms with Gasteiger partial charge in [-0.1, -0.05) is 35.5 Å². The van der Waals surface area contributed by atoms with E-state index >= 15 is 0 Å². The van der Waals surface area contributed by atoms with Crippen molar-refractivity contribution in [2.45, 2.75) is 44.6 Å². The first kappa shape index (κ1) is 19.0. The standard InChI is InChI=1S/C17H23N5O2S/c1-5-18-16(24)19-15(23)12(4)25-17-21-20-14(22(17)6-2)13-9-7-8-11(3)10-13/h7-10,12H,5-6H2,1-4H3,(H2,18,19,23,24). The van der Waals surface area contributed by atoms with E-state index in [0.29, 0.717) is 18.2 Å². The summed E-state index contributed by atoms with van der Waals surface area (Å²) in [4.78, 5) is 23.6. The zero-order chi connectivity index (χ0) is 18.4. The average Bonchev–Trinajstić information content (AvgIpc) is 2.97. The van der Waals surface area contributed by atoms with Crippen molar-refractivity contribution in [2.75, 3.05) is 6.54 Å². The highest BCUT2D eigenvalue weighted by Crippen LogP contribution is 2.27. The number of nitrogens with zero attached hydrogens (tertiary/aromatic N) is 3. The van der Waals surface area contributed by atoms with E-state index in [2.05, 4.69) is 26.9 Å². The molecule has 0 fully saturated rings. The molecular weight excluding hydrogens is 338 g/mol. The molecule has 0 saturated carbocycles. The SMILES string of the molecule is CCNC(=O)NC(=O)C(C)Sc1nnc(-c2cccc(C)c2)n1CC. The number of hydrogen-bond donors (Lipinski definition) is 2. The van der Waals surface area contributed by atoms with Crippen LogP contribution in [-0.2, 0) is 11.3 Å². The maximum atomic E-state index is 12.1. The number of imide groups is 1. The number of hydrogen-bond acceptors (Lipinski definition) is 5. The van der Waals surface area contributed by atoms with Crippen molar-refractivity contribution >= 4 is 23.7 Å². The second-order valence-corrected chi connectivity index (χ2v) is 6.84. The summed E-state index contributed by atoms with van der Waals surface area (Å²) >= 11 is 1.28. The van der Waals surface area contributed by atoms with Crippen LogP contribution in [0.15, 0.2) is 29.4 Å². The summed E-state index contributed by atoms with van der Waals surface area (Å²) in [5.74, 6) is 0.406. The quantitative estimate of drug-likeness (QED) is 0.772. The van der Waals surface area contributed by atoms with Gasteiger partial charge in [-0.25, -0.2) is 4.79 Å². The first-order chi connectivity index (χ1) is 12.0. The molecule has 0 aliphatic carbocycles. The predicted molar refractivity (Wildman–Crippen MR) is 98.4 cm³/mol. The maximum absolute atomic E-state index is 12.1. The molecule has 1 aromatic carbocycles. The molecular formula is C17H23N5O2S. The smallest absolute Gasteiger partial charge is 0.321 e. The third kappa shape index (κ3) is 4.82. The topological polar surface area (TPSA) is 88.9 Å². The van der Waals surface area contributed by atoms with E-state index < -0.39 is 11.3 Å². The number of amides is 3. The highest BCUT2D eigenvalue weighted by atomic mass is 32.2. The molecule has 0 saturated heterocycles. The molecule has 2 aromatic rings. The van der Waals surface area contributed by atoms with Gasteiger partial charge in [0.2, 0.25) is 5.91 Å². The van der Waals surface area contributed by atoms with Gasteiger partial charge in [0, 0.05) is 18.7 Å². The fourth-order valence-corrected chi connectivity index (χ4v) is 3.20. The Bertz CT molecular complexity index is 759. The van der Waals surface area contributed by atoms with Crippen LogP contribution in [0.1, 0.15) is 26.3 Å². The Hall–Kier alpha value is -2.35. The Labute approximate surface area is 151 Å². The molecule has 0 aliphatic rings. The molecule has 0 spiro atoms. The summed E-state index contributed by atoms with van der Waals surface area (Å²) in [5, 5.41) is 13.5. The van der Waals surface area contributed by atoms with Crippen molar-refractivity contribution in [3.63, 3.8) is 0 Å². The van der Waals surface area contributed by atoms with E-state index in [1.165, 1.54) is 11.8 Å². The molecule has 0 radical (unpaired) electrons. The molecule has 1 aromatic heterocycles. The number of benzene rings is 1. The summed E-state index contributed by atoms with van der Waals surface area (Å²) in [5.41, 5.74) is 2.13. The van der Waals surface area contributed by atoms with E-state index in [-0.39, 0.29) is 5.91 Å². The summed E-state index contributed by atoms with van der Waals surface area (Å²) in [7, 11) is 0. The maximum Gasteiger partial charge on any atom is 0.321 e. The summed E-state index contributed by atoms with van der Waals surface area (Å²) < 4.78 is 1.97. The number of urea groups is 1. The fourth-order valence-electron chi connectivity index (χ4n) is 2.29. The lowest BCUT2D eigenvalue weighted by Gasteiger charge is -2.12. The van der Waals surface area contributed by atoms with Crippen molar-refractivity contribution in [3.05, 3.63) is 29.8 Å². The van der Waals surface area contributed by atoms with Crippen molar-refractivity contribution in [1.29, 1.82) is 0 Å². The Balaban J connectivity index is 2.15. The molecule has 1 atom stereocenters. The summed E-state index contributed by atoms with van der Waals surface area (Å²) in [6.45, 7) is 8.71. The molecule has 7 nitrogen and oxygen atoms in total. The number of carbonyl (C=O) groups excluding carboxylic acids is 2. The van der Waals surface area contributed by atoms with E-state index in [4.69, 9.17) is 0 Å². The van der Waals surface area contributed by atoms with Crippen molar-refractivity contribution < 1.29 is 9.59 Å². The van der Waals surface area contributed by atoms with E-state index in [0.717, 1.165) is 17.0 Å². The lowest BCUT2D eigenvalue weighted by molar-refractivity contribution is -0.119. The molecule has 8 heteroatoms. The summed E-state index contributed by atoms with van der Waals surface area (Å²) in [6.07, 6.45) is 0. The van der Waals surface area contributed by atoms with Crippen molar-refractivity contribution in [3.8, 4) is 11.4 Å². The van der Waals surface area contributed by atoms with Gasteiger partial charge in [0.15, 0.2) is 11.0 Å². The van der Waals surface area contributed by atoms with Gasteiger partial charge in [-0.15, -0.1) is 10.2 Å². The number of aromatic nitrogens is 3. The lowest BCUT2D eigenvalue weighted by atomic mass is 10.1. The summed E-state index contributed by atoms with van der Waals surface area (Å²) in [6, 6.07) is 7.56. The highest BCUT2D eigenvalue weighted by Gasteiger charge is 2.21. The monoisotopic (exact) mass is 361 g/mol. The molecule has 134 valence electrons. The van der Waals surface area contributed by atoms with Gasteiger partial charge in [0.25, 0.3) is 0 Å². The third-order valence-electron chi connectivity index (χ3n) is 3.53. The Morgan fingerprint density at radius 2 is 2.04 bits per heavy atom. The minimum atomic E-state index is -0.489. The number of thioether (sulfide) groups is 1. The van der Waals surface area contributed by atoms with Gasteiger partial charge in [-0.3, -0.25) is 10.1 Å². The molecule has 0 bridgehead atoms. The Kier molecular flexibility index (Phi) is 6.58. The van der Waals surface area contributed by atoms with Crippen molar-refractivity contribution in [1.82, 2.24) is 25.4 Å². The van der Waals surface area contributed by atoms with Crippen LogP contribution in [-0.4, -0.2) is 38.5 Å². The lowest BCUT2D eigenvalue weighted by Crippen LogP contribution is -2.42. The highest BCUT2D eigenvalue weighted by molar-refractivity contribution is 8.00. The molecule has 2 rings (SSSR count). The first-order valence-electron chi connectivity index (χ1n) is 8.21. The molecule has 2 N–H and O–H groups in total. The van der Waals surface area contributed by atoms with Gasteiger partial charge >= 0.3 is 6.03 Å². The molecule has 1 heterocycles. The number of nitrogens with one attached hydrogen (secondary N) is 2. The second-order valence-electron chi connectivity index (χ2n) is 5.53. The van der Waals surface area contributed by atoms with Crippen LogP contribution in [0.4, 0.5) is 4.79 Å². The largest absolute Gasteiger partial charge is 0.338 e. The Morgan fingerprint density at radius 3 is 2.68 bits per heavy atom. The molecule has 25 heavy (non-hydrogen) atoms. The van der Waals surface area contributed by atoms with Crippen LogP contribution in [0.25, 0.3) is 11.4 Å². The van der Waals surface area contributed by atoms with Crippen LogP contribution in [0.3, 0.4) is 0 Å². The number of carbonyl (C=O) groups is 2. The fraction of sp³-hybridized carbons (Fsp3) is 0.412. The minimum absolute atomic E-state index is 0.362. The third-order valence-corrected chi connectivity index (χ3v) is 4.62. The first-order valence-corrected chi connectivity index (χ1v) is 9.09. The van der Waals surface area contributed by atoms with Crippen LogP contribution in [0, 0.1) is 6.92 Å². The van der Waals surface area contributed by atoms with E-state index in [1.807, 2.05) is 36.6 Å². The Morgan fingerprint density at radius 1 is 1.28 bits per heavy atom. The van der Waals surface area contributed by atoms with Gasteiger partial charge in [0.1, 0.15) is 0 Å². The normalized spacial score (nSPS) is 11.8. The van der Waals surface area contributed by atoms with Gasteiger partial charge in [-0.05, 0) is 33.8 Å². The number of aryl methyl sites for hydroxylation is 1. The zero-order valence-corrected chi connectivity index (χ0v) is 15.7. The van der Waals surface area contributed by atoms with E-state index in [9.17, 15) is 9.59 Å². The van der Waals surface area contributed by atoms with Crippen LogP contribution < -0.4 is 10.6 Å². The van der Waals surface area contributed by atoms with Crippen LogP contribution in [0.2, 0.25) is 0 Å². The molecule has 3 amide bonds. The second kappa shape index (κ2) is 8.66.